The Labute approximate surface area is 187 Å². The van der Waals surface area contributed by atoms with Crippen molar-refractivity contribution in [3.63, 3.8) is 0 Å². The van der Waals surface area contributed by atoms with Crippen LogP contribution in [0.25, 0.3) is 0 Å². The molecule has 0 bridgehead atoms. The number of aromatic nitrogens is 1. The van der Waals surface area contributed by atoms with Crippen molar-refractivity contribution in [1.29, 1.82) is 0 Å². The number of hydrogen-bond acceptors (Lipinski definition) is 5. The number of nitrogens with zero attached hydrogens (tertiary/aromatic N) is 1. The third-order valence-corrected chi connectivity index (χ3v) is 4.62. The molecular weight excluding hydrogens is 448 g/mol. The number of imide groups is 1. The molecule has 0 aliphatic rings. The van der Waals surface area contributed by atoms with Crippen LogP contribution in [-0.4, -0.2) is 24.0 Å². The van der Waals surface area contributed by atoms with Gasteiger partial charge in [-0.1, -0.05) is 35.3 Å². The Morgan fingerprint density at radius 3 is 2.61 bits per heavy atom. The molecule has 2 N–H and O–H groups in total. The van der Waals surface area contributed by atoms with E-state index in [1.807, 2.05) is 5.32 Å². The number of methoxy groups -OCH3 is 1. The maximum absolute atomic E-state index is 13.9. The Bertz CT molecular complexity index is 1110. The lowest BCUT2D eigenvalue weighted by molar-refractivity contribution is 0.0960. The summed E-state index contributed by atoms with van der Waals surface area (Å²) < 4.78 is 24.5. The van der Waals surface area contributed by atoms with Crippen LogP contribution >= 0.6 is 23.2 Å². The van der Waals surface area contributed by atoms with Gasteiger partial charge in [0.2, 0.25) is 5.88 Å². The Kier molecular flexibility index (Phi) is 7.28. The number of nitrogens with one attached hydrogen (secondary N) is 2. The summed E-state index contributed by atoms with van der Waals surface area (Å²) in [4.78, 5) is 28.4. The molecule has 2 aromatic carbocycles. The van der Waals surface area contributed by atoms with Crippen LogP contribution in [0.3, 0.4) is 0 Å². The van der Waals surface area contributed by atoms with E-state index >= 15 is 0 Å². The molecule has 160 valence electrons. The number of halogens is 3. The lowest BCUT2D eigenvalue weighted by Crippen LogP contribution is -2.35. The van der Waals surface area contributed by atoms with Crippen LogP contribution in [0.1, 0.15) is 15.9 Å². The van der Waals surface area contributed by atoms with Gasteiger partial charge in [0.05, 0.1) is 19.0 Å². The number of carbonyl (C=O) groups excluding carboxylic acids is 2. The van der Waals surface area contributed by atoms with Crippen LogP contribution in [-0.2, 0) is 6.61 Å². The molecule has 0 aliphatic carbocycles. The predicted octanol–water partition coefficient (Wildman–Crippen LogP) is 5.08. The summed E-state index contributed by atoms with van der Waals surface area (Å²) in [6.45, 7) is 0.176. The van der Waals surface area contributed by atoms with Crippen molar-refractivity contribution >= 4 is 40.8 Å². The standard InChI is InChI=1S/C21H16Cl2FN3O4/c1-30-17-4-2-3-16(24)19(17)20(28)27-21(29)26-14-7-8-18(25-10-14)31-11-12-5-6-13(22)9-15(12)23/h2-10H,11H2,1H3,(H2,26,27,28,29). The summed E-state index contributed by atoms with van der Waals surface area (Å²) in [5.41, 5.74) is 0.655. The van der Waals surface area contributed by atoms with E-state index in [9.17, 15) is 14.0 Å². The van der Waals surface area contributed by atoms with Gasteiger partial charge < -0.3 is 14.8 Å². The Hall–Kier alpha value is -3.36. The number of urea groups is 1. The number of rotatable bonds is 6. The summed E-state index contributed by atoms with van der Waals surface area (Å²) in [6, 6.07) is 11.1. The van der Waals surface area contributed by atoms with Gasteiger partial charge in [0.25, 0.3) is 5.91 Å². The number of carbonyl (C=O) groups is 2. The van der Waals surface area contributed by atoms with Crippen molar-refractivity contribution in [2.45, 2.75) is 6.61 Å². The number of anilines is 1. The molecule has 0 spiro atoms. The molecule has 0 radical (unpaired) electrons. The van der Waals surface area contributed by atoms with Crippen LogP contribution in [0.15, 0.2) is 54.7 Å². The molecule has 3 rings (SSSR count). The average Bonchev–Trinajstić information content (AvgIpc) is 2.73. The zero-order chi connectivity index (χ0) is 22.4. The summed E-state index contributed by atoms with van der Waals surface area (Å²) in [5.74, 6) is -1.45. The van der Waals surface area contributed by atoms with E-state index in [1.54, 1.807) is 18.2 Å². The van der Waals surface area contributed by atoms with Gasteiger partial charge in [-0.2, -0.15) is 0 Å². The molecule has 0 aliphatic heterocycles. The second-order valence-corrected chi connectivity index (χ2v) is 6.98. The van der Waals surface area contributed by atoms with E-state index in [1.165, 1.54) is 37.6 Å². The first-order valence-corrected chi connectivity index (χ1v) is 9.60. The second-order valence-electron chi connectivity index (χ2n) is 6.13. The smallest absolute Gasteiger partial charge is 0.326 e. The van der Waals surface area contributed by atoms with Gasteiger partial charge in [0.1, 0.15) is 23.7 Å². The van der Waals surface area contributed by atoms with Crippen LogP contribution in [0, 0.1) is 5.82 Å². The maximum atomic E-state index is 13.9. The van der Waals surface area contributed by atoms with E-state index in [2.05, 4.69) is 10.3 Å². The topological polar surface area (TPSA) is 89.5 Å². The van der Waals surface area contributed by atoms with Crippen LogP contribution in [0.2, 0.25) is 10.0 Å². The van der Waals surface area contributed by atoms with Gasteiger partial charge in [0.15, 0.2) is 0 Å². The van der Waals surface area contributed by atoms with Crippen molar-refractivity contribution in [3.05, 3.63) is 81.7 Å². The molecule has 0 saturated heterocycles. The maximum Gasteiger partial charge on any atom is 0.326 e. The molecular formula is C21H16Cl2FN3O4. The summed E-state index contributed by atoms with van der Waals surface area (Å²) in [5, 5.41) is 5.46. The SMILES string of the molecule is COc1cccc(F)c1C(=O)NC(=O)Nc1ccc(OCc2ccc(Cl)cc2Cl)nc1. The lowest BCUT2D eigenvalue weighted by atomic mass is 10.1. The molecule has 3 amide bonds. The Balaban J connectivity index is 1.57. The predicted molar refractivity (Wildman–Crippen MR) is 114 cm³/mol. The summed E-state index contributed by atoms with van der Waals surface area (Å²) >= 11 is 12.0. The van der Waals surface area contributed by atoms with Gasteiger partial charge in [-0.3, -0.25) is 10.1 Å². The van der Waals surface area contributed by atoms with E-state index in [4.69, 9.17) is 32.7 Å². The molecule has 0 atom stereocenters. The van der Waals surface area contributed by atoms with E-state index < -0.39 is 17.8 Å². The van der Waals surface area contributed by atoms with Gasteiger partial charge in [-0.05, 0) is 30.3 Å². The molecule has 1 aromatic heterocycles. The highest BCUT2D eigenvalue weighted by molar-refractivity contribution is 6.35. The van der Waals surface area contributed by atoms with Gasteiger partial charge in [0, 0.05) is 21.7 Å². The molecule has 0 fully saturated rings. The molecule has 10 heteroatoms. The minimum absolute atomic E-state index is 0.00857. The molecule has 0 saturated carbocycles. The number of ether oxygens (including phenoxy) is 2. The van der Waals surface area contributed by atoms with Crippen molar-refractivity contribution in [1.82, 2.24) is 10.3 Å². The van der Waals surface area contributed by atoms with E-state index in [0.717, 1.165) is 11.6 Å². The minimum Gasteiger partial charge on any atom is -0.496 e. The third-order valence-electron chi connectivity index (χ3n) is 4.03. The number of amides is 3. The average molecular weight is 464 g/mol. The summed E-state index contributed by atoms with van der Waals surface area (Å²) in [6.07, 6.45) is 1.34. The molecule has 3 aromatic rings. The molecule has 0 unspecified atom stereocenters. The normalized spacial score (nSPS) is 10.3. The van der Waals surface area contributed by atoms with Crippen molar-refractivity contribution in [3.8, 4) is 11.6 Å². The van der Waals surface area contributed by atoms with Crippen LogP contribution in [0.4, 0.5) is 14.9 Å². The van der Waals surface area contributed by atoms with Crippen molar-refractivity contribution in [2.24, 2.45) is 0 Å². The van der Waals surface area contributed by atoms with E-state index in [-0.39, 0.29) is 17.9 Å². The third kappa shape index (κ3) is 5.84. The lowest BCUT2D eigenvalue weighted by Gasteiger charge is -2.11. The van der Waals surface area contributed by atoms with Crippen molar-refractivity contribution < 1.29 is 23.5 Å². The quantitative estimate of drug-likeness (QED) is 0.532. The first kappa shape index (κ1) is 22.3. The van der Waals surface area contributed by atoms with Gasteiger partial charge >= 0.3 is 6.03 Å². The highest BCUT2D eigenvalue weighted by Crippen LogP contribution is 2.23. The minimum atomic E-state index is -0.944. The highest BCUT2D eigenvalue weighted by Gasteiger charge is 2.19. The van der Waals surface area contributed by atoms with E-state index in [0.29, 0.717) is 21.6 Å². The molecule has 1 heterocycles. The fourth-order valence-corrected chi connectivity index (χ4v) is 3.02. The zero-order valence-corrected chi connectivity index (χ0v) is 17.6. The fraction of sp³-hybridized carbons (Fsp3) is 0.0952. The monoisotopic (exact) mass is 463 g/mol. The fourth-order valence-electron chi connectivity index (χ4n) is 2.55. The zero-order valence-electron chi connectivity index (χ0n) is 16.1. The number of hydrogen-bond donors (Lipinski definition) is 2. The highest BCUT2D eigenvalue weighted by atomic mass is 35.5. The van der Waals surface area contributed by atoms with Crippen molar-refractivity contribution in [2.75, 3.05) is 12.4 Å². The Morgan fingerprint density at radius 2 is 1.94 bits per heavy atom. The van der Waals surface area contributed by atoms with Gasteiger partial charge in [-0.15, -0.1) is 0 Å². The largest absolute Gasteiger partial charge is 0.496 e. The first-order valence-electron chi connectivity index (χ1n) is 8.85. The van der Waals surface area contributed by atoms with Gasteiger partial charge in [-0.25, -0.2) is 14.2 Å². The number of benzene rings is 2. The molecule has 31 heavy (non-hydrogen) atoms. The molecule has 7 nitrogen and oxygen atoms in total. The first-order chi connectivity index (χ1) is 14.9. The summed E-state index contributed by atoms with van der Waals surface area (Å²) in [7, 11) is 1.29. The van der Waals surface area contributed by atoms with Crippen LogP contribution < -0.4 is 20.1 Å². The van der Waals surface area contributed by atoms with Crippen LogP contribution in [0.5, 0.6) is 11.6 Å². The second kappa shape index (κ2) is 10.1. The number of pyridine rings is 1. The Morgan fingerprint density at radius 1 is 1.13 bits per heavy atom.